The molecule has 0 unspecified atom stereocenters. The minimum Gasteiger partial charge on any atom is -0.348 e. The summed E-state index contributed by atoms with van der Waals surface area (Å²) in [5.74, 6) is -0.320. The molecule has 6 heteroatoms. The maximum atomic E-state index is 12.4. The quantitative estimate of drug-likeness (QED) is 0.847. The second kappa shape index (κ2) is 7.60. The Morgan fingerprint density at radius 2 is 1.88 bits per heavy atom. The molecule has 1 aliphatic carbocycles. The van der Waals surface area contributed by atoms with E-state index >= 15 is 0 Å². The monoisotopic (exact) mass is 372 g/mol. The van der Waals surface area contributed by atoms with Crippen LogP contribution in [0.3, 0.4) is 0 Å². The topological polar surface area (TPSA) is 75.3 Å². The Bertz CT molecular complexity index is 922. The molecular formula is C20H24N2O3S. The van der Waals surface area contributed by atoms with Crippen LogP contribution in [0.1, 0.15) is 41.1 Å². The van der Waals surface area contributed by atoms with Crippen LogP contribution in [0.2, 0.25) is 0 Å². The largest absolute Gasteiger partial charge is 0.348 e. The number of fused-ring (bicyclic) bond motifs is 1. The fraction of sp³-hybridized carbons (Fsp3) is 0.350. The van der Waals surface area contributed by atoms with E-state index in [4.69, 9.17) is 0 Å². The highest BCUT2D eigenvalue weighted by molar-refractivity contribution is 7.89. The van der Waals surface area contributed by atoms with Crippen LogP contribution >= 0.6 is 0 Å². The van der Waals surface area contributed by atoms with Crippen molar-refractivity contribution in [1.82, 2.24) is 10.0 Å². The van der Waals surface area contributed by atoms with E-state index in [1.165, 1.54) is 5.56 Å². The Labute approximate surface area is 154 Å². The summed E-state index contributed by atoms with van der Waals surface area (Å²) in [4.78, 5) is 12.5. The Hall–Kier alpha value is -2.18. The van der Waals surface area contributed by atoms with Crippen molar-refractivity contribution in [2.24, 2.45) is 0 Å². The third kappa shape index (κ3) is 4.14. The maximum Gasteiger partial charge on any atom is 0.241 e. The molecule has 0 bridgehead atoms. The highest BCUT2D eigenvalue weighted by Gasteiger charge is 2.22. The Morgan fingerprint density at radius 1 is 1.12 bits per heavy atom. The molecule has 2 aromatic carbocycles. The molecule has 0 saturated carbocycles. The van der Waals surface area contributed by atoms with Crippen LogP contribution in [-0.4, -0.2) is 20.9 Å². The first kappa shape index (κ1) is 18.6. The average molecular weight is 372 g/mol. The van der Waals surface area contributed by atoms with Gasteiger partial charge in [0.15, 0.2) is 0 Å². The number of sulfonamides is 1. The van der Waals surface area contributed by atoms with Crippen molar-refractivity contribution in [2.45, 2.75) is 44.0 Å². The van der Waals surface area contributed by atoms with Crippen LogP contribution in [0, 0.1) is 13.8 Å². The zero-order chi connectivity index (χ0) is 18.7. The number of amides is 1. The van der Waals surface area contributed by atoms with Gasteiger partial charge in [-0.15, -0.1) is 0 Å². The molecule has 0 aromatic heterocycles. The zero-order valence-electron chi connectivity index (χ0n) is 15.1. The normalized spacial score (nSPS) is 16.8. The van der Waals surface area contributed by atoms with Gasteiger partial charge in [0.05, 0.1) is 17.5 Å². The van der Waals surface area contributed by atoms with Crippen LogP contribution in [0.5, 0.6) is 0 Å². The van der Waals surface area contributed by atoms with E-state index in [0.717, 1.165) is 36.0 Å². The van der Waals surface area contributed by atoms with Gasteiger partial charge in [0.25, 0.3) is 0 Å². The number of hydrogen-bond acceptors (Lipinski definition) is 3. The maximum absolute atomic E-state index is 12.4. The van der Waals surface area contributed by atoms with Crippen molar-refractivity contribution in [3.8, 4) is 0 Å². The molecular weight excluding hydrogens is 348 g/mol. The molecule has 1 amide bonds. The molecule has 0 heterocycles. The number of rotatable bonds is 5. The molecule has 0 radical (unpaired) electrons. The summed E-state index contributed by atoms with van der Waals surface area (Å²) in [5.41, 5.74) is 4.30. The first-order chi connectivity index (χ1) is 12.4. The van der Waals surface area contributed by atoms with Crippen molar-refractivity contribution in [1.29, 1.82) is 0 Å². The van der Waals surface area contributed by atoms with Gasteiger partial charge in [0, 0.05) is 0 Å². The number of nitrogens with one attached hydrogen (secondary N) is 2. The van der Waals surface area contributed by atoms with Crippen LogP contribution in [0.15, 0.2) is 47.4 Å². The van der Waals surface area contributed by atoms with E-state index < -0.39 is 10.0 Å². The Morgan fingerprint density at radius 3 is 2.65 bits per heavy atom. The molecule has 0 spiro atoms. The summed E-state index contributed by atoms with van der Waals surface area (Å²) in [5, 5.41) is 2.95. The molecule has 2 aromatic rings. The van der Waals surface area contributed by atoms with Crippen molar-refractivity contribution >= 4 is 15.9 Å². The second-order valence-electron chi connectivity index (χ2n) is 6.78. The first-order valence-corrected chi connectivity index (χ1v) is 10.3. The number of aryl methyl sites for hydroxylation is 3. The third-order valence-electron chi connectivity index (χ3n) is 4.92. The summed E-state index contributed by atoms with van der Waals surface area (Å²) >= 11 is 0. The van der Waals surface area contributed by atoms with Gasteiger partial charge in [-0.05, 0) is 67.5 Å². The first-order valence-electron chi connectivity index (χ1n) is 8.81. The third-order valence-corrected chi connectivity index (χ3v) is 6.31. The van der Waals surface area contributed by atoms with E-state index in [1.54, 1.807) is 18.2 Å². The van der Waals surface area contributed by atoms with Gasteiger partial charge in [-0.1, -0.05) is 30.3 Å². The van der Waals surface area contributed by atoms with Crippen molar-refractivity contribution in [2.75, 3.05) is 6.54 Å². The molecule has 26 heavy (non-hydrogen) atoms. The van der Waals surface area contributed by atoms with Crippen molar-refractivity contribution in [3.63, 3.8) is 0 Å². The van der Waals surface area contributed by atoms with E-state index in [-0.39, 0.29) is 23.4 Å². The smallest absolute Gasteiger partial charge is 0.241 e. The minimum atomic E-state index is -3.71. The highest BCUT2D eigenvalue weighted by atomic mass is 32.2. The SMILES string of the molecule is Cc1ccc(S(=O)(=O)NCC(=O)N[C@@H]2CCCc3ccccc32)cc1C. The van der Waals surface area contributed by atoms with Gasteiger partial charge in [-0.25, -0.2) is 13.1 Å². The van der Waals surface area contributed by atoms with E-state index in [9.17, 15) is 13.2 Å². The summed E-state index contributed by atoms with van der Waals surface area (Å²) in [6.07, 6.45) is 2.89. The molecule has 138 valence electrons. The molecule has 0 aliphatic heterocycles. The van der Waals surface area contributed by atoms with Crippen LogP contribution in [0.4, 0.5) is 0 Å². The van der Waals surface area contributed by atoms with Gasteiger partial charge < -0.3 is 5.32 Å². The summed E-state index contributed by atoms with van der Waals surface area (Å²) in [6.45, 7) is 3.52. The number of hydrogen-bond donors (Lipinski definition) is 2. The van der Waals surface area contributed by atoms with Crippen molar-refractivity contribution < 1.29 is 13.2 Å². The Kier molecular flexibility index (Phi) is 5.44. The Balaban J connectivity index is 1.63. The minimum absolute atomic E-state index is 0.0569. The van der Waals surface area contributed by atoms with E-state index in [0.29, 0.717) is 0 Å². The van der Waals surface area contributed by atoms with Gasteiger partial charge in [-0.3, -0.25) is 4.79 Å². The zero-order valence-corrected chi connectivity index (χ0v) is 15.9. The number of benzene rings is 2. The van der Waals surface area contributed by atoms with Crippen LogP contribution in [0.25, 0.3) is 0 Å². The molecule has 5 nitrogen and oxygen atoms in total. The lowest BCUT2D eigenvalue weighted by Crippen LogP contribution is -2.39. The molecule has 0 saturated heterocycles. The van der Waals surface area contributed by atoms with Crippen LogP contribution < -0.4 is 10.0 Å². The van der Waals surface area contributed by atoms with E-state index in [1.807, 2.05) is 32.0 Å². The highest BCUT2D eigenvalue weighted by Crippen LogP contribution is 2.29. The lowest BCUT2D eigenvalue weighted by atomic mass is 9.88. The van der Waals surface area contributed by atoms with Crippen LogP contribution in [-0.2, 0) is 21.2 Å². The molecule has 1 atom stereocenters. The van der Waals surface area contributed by atoms with E-state index in [2.05, 4.69) is 16.1 Å². The standard InChI is InChI=1S/C20H24N2O3S/c1-14-10-11-17(12-15(14)2)26(24,25)21-13-20(23)22-19-9-5-7-16-6-3-4-8-18(16)19/h3-4,6,8,10-12,19,21H,5,7,9,13H2,1-2H3,(H,22,23)/t19-/m1/s1. The molecule has 0 fully saturated rings. The molecule has 2 N–H and O–H groups in total. The molecule has 1 aliphatic rings. The second-order valence-corrected chi connectivity index (χ2v) is 8.55. The predicted molar refractivity (Wildman–Crippen MR) is 101 cm³/mol. The molecule has 3 rings (SSSR count). The average Bonchev–Trinajstić information content (AvgIpc) is 2.63. The van der Waals surface area contributed by atoms with Gasteiger partial charge in [0.2, 0.25) is 15.9 Å². The lowest BCUT2D eigenvalue weighted by Gasteiger charge is -2.26. The summed E-state index contributed by atoms with van der Waals surface area (Å²) in [7, 11) is -3.71. The fourth-order valence-electron chi connectivity index (χ4n) is 3.27. The summed E-state index contributed by atoms with van der Waals surface area (Å²) < 4.78 is 27.2. The van der Waals surface area contributed by atoms with Gasteiger partial charge in [0.1, 0.15) is 0 Å². The fourth-order valence-corrected chi connectivity index (χ4v) is 4.34. The number of carbonyl (C=O) groups excluding carboxylic acids is 1. The van der Waals surface area contributed by atoms with Crippen molar-refractivity contribution in [3.05, 3.63) is 64.7 Å². The lowest BCUT2D eigenvalue weighted by molar-refractivity contribution is -0.120. The summed E-state index contributed by atoms with van der Waals surface area (Å²) in [6, 6.07) is 13.0. The predicted octanol–water partition coefficient (Wildman–Crippen LogP) is 2.78. The number of carbonyl (C=O) groups is 1. The van der Waals surface area contributed by atoms with Gasteiger partial charge >= 0.3 is 0 Å². The van der Waals surface area contributed by atoms with Gasteiger partial charge in [-0.2, -0.15) is 0 Å².